The summed E-state index contributed by atoms with van der Waals surface area (Å²) in [5.74, 6) is 0.751. The lowest BCUT2D eigenvalue weighted by atomic mass is 10.3. The van der Waals surface area contributed by atoms with Gasteiger partial charge in [-0.15, -0.1) is 0 Å². The van der Waals surface area contributed by atoms with E-state index in [1.165, 1.54) is 11.8 Å². The Bertz CT molecular complexity index is 573. The molecule has 0 spiro atoms. The molecule has 4 nitrogen and oxygen atoms in total. The Kier molecular flexibility index (Phi) is 5.63. The van der Waals surface area contributed by atoms with E-state index in [4.69, 9.17) is 4.74 Å². The molecule has 0 aliphatic heterocycles. The molecule has 1 atom stereocenters. The van der Waals surface area contributed by atoms with E-state index < -0.39 is 0 Å². The van der Waals surface area contributed by atoms with Crippen molar-refractivity contribution in [3.8, 4) is 5.75 Å². The molecular weight excluding hydrogens is 284 g/mol. The van der Waals surface area contributed by atoms with Crippen LogP contribution in [0.15, 0.2) is 53.7 Å². The average molecular weight is 302 g/mol. The highest BCUT2D eigenvalue weighted by Crippen LogP contribution is 2.22. The molecule has 5 heteroatoms. The van der Waals surface area contributed by atoms with Crippen molar-refractivity contribution in [1.29, 1.82) is 0 Å². The van der Waals surface area contributed by atoms with E-state index in [1.54, 1.807) is 6.20 Å². The summed E-state index contributed by atoms with van der Waals surface area (Å²) in [6.07, 6.45) is 1.72. The second-order valence-corrected chi connectivity index (χ2v) is 5.74. The lowest BCUT2D eigenvalue weighted by molar-refractivity contribution is -0.115. The van der Waals surface area contributed by atoms with Crippen LogP contribution in [0, 0.1) is 0 Å². The van der Waals surface area contributed by atoms with Crippen LogP contribution in [0.1, 0.15) is 13.8 Å². The molecule has 0 unspecified atom stereocenters. The van der Waals surface area contributed by atoms with E-state index in [0.717, 1.165) is 16.5 Å². The molecule has 2 rings (SSSR count). The summed E-state index contributed by atoms with van der Waals surface area (Å²) >= 11 is 1.43. The first-order valence-corrected chi connectivity index (χ1v) is 7.68. The van der Waals surface area contributed by atoms with Crippen LogP contribution in [0.5, 0.6) is 5.75 Å². The van der Waals surface area contributed by atoms with Gasteiger partial charge in [-0.05, 0) is 50.2 Å². The van der Waals surface area contributed by atoms with Crippen LogP contribution in [0.4, 0.5) is 5.69 Å². The predicted molar refractivity (Wildman–Crippen MR) is 85.8 cm³/mol. The lowest BCUT2D eigenvalue weighted by Crippen LogP contribution is -2.22. The van der Waals surface area contributed by atoms with Crippen LogP contribution in [0.3, 0.4) is 0 Å². The fraction of sp³-hybridized carbons (Fsp3) is 0.250. The number of carbonyl (C=O) groups excluding carboxylic acids is 1. The fourth-order valence-corrected chi connectivity index (χ4v) is 2.50. The minimum atomic E-state index is -0.216. The molecule has 1 heterocycles. The molecule has 0 saturated carbocycles. The molecule has 0 radical (unpaired) electrons. The van der Waals surface area contributed by atoms with Gasteiger partial charge in [0, 0.05) is 11.9 Å². The van der Waals surface area contributed by atoms with Crippen molar-refractivity contribution in [3.05, 3.63) is 48.7 Å². The number of carbonyl (C=O) groups is 1. The van der Waals surface area contributed by atoms with E-state index in [0.29, 0.717) is 6.61 Å². The van der Waals surface area contributed by atoms with Crippen molar-refractivity contribution in [2.45, 2.75) is 24.1 Å². The molecule has 110 valence electrons. The number of rotatable bonds is 6. The zero-order valence-corrected chi connectivity index (χ0v) is 12.9. The minimum absolute atomic E-state index is 0.0465. The van der Waals surface area contributed by atoms with Crippen LogP contribution in [0.25, 0.3) is 0 Å². The van der Waals surface area contributed by atoms with Gasteiger partial charge in [0.25, 0.3) is 0 Å². The first kappa shape index (κ1) is 15.4. The summed E-state index contributed by atoms with van der Waals surface area (Å²) in [5.41, 5.74) is 0.761. The number of benzene rings is 1. The van der Waals surface area contributed by atoms with Crippen LogP contribution < -0.4 is 10.1 Å². The molecule has 0 aliphatic rings. The van der Waals surface area contributed by atoms with Gasteiger partial charge < -0.3 is 10.1 Å². The third-order valence-electron chi connectivity index (χ3n) is 2.74. The first-order valence-electron chi connectivity index (χ1n) is 6.80. The minimum Gasteiger partial charge on any atom is -0.494 e. The van der Waals surface area contributed by atoms with Gasteiger partial charge in [-0.2, -0.15) is 0 Å². The molecule has 21 heavy (non-hydrogen) atoms. The second-order valence-electron chi connectivity index (χ2n) is 4.37. The second kappa shape index (κ2) is 7.69. The first-order chi connectivity index (χ1) is 10.2. The van der Waals surface area contributed by atoms with Gasteiger partial charge in [0.2, 0.25) is 5.91 Å². The van der Waals surface area contributed by atoms with Gasteiger partial charge in [-0.1, -0.05) is 17.8 Å². The molecular formula is C16H18N2O2S. The number of ether oxygens (including phenoxy) is 1. The van der Waals surface area contributed by atoms with Gasteiger partial charge in [0.15, 0.2) is 0 Å². The maximum atomic E-state index is 12.1. The molecule has 1 amide bonds. The number of hydrogen-bond acceptors (Lipinski definition) is 4. The lowest BCUT2D eigenvalue weighted by Gasteiger charge is -2.12. The van der Waals surface area contributed by atoms with Crippen LogP contribution in [-0.4, -0.2) is 22.7 Å². The Labute approximate surface area is 128 Å². The molecule has 2 aromatic rings. The predicted octanol–water partition coefficient (Wildman–Crippen LogP) is 3.60. The maximum absolute atomic E-state index is 12.1. The number of hydrogen-bond donors (Lipinski definition) is 1. The highest BCUT2D eigenvalue weighted by molar-refractivity contribution is 8.00. The molecule has 1 aromatic carbocycles. The van der Waals surface area contributed by atoms with Crippen molar-refractivity contribution < 1.29 is 9.53 Å². The largest absolute Gasteiger partial charge is 0.494 e. The number of aromatic nitrogens is 1. The van der Waals surface area contributed by atoms with Crippen LogP contribution in [0.2, 0.25) is 0 Å². The summed E-state index contributed by atoms with van der Waals surface area (Å²) in [6.45, 7) is 4.43. The zero-order valence-electron chi connectivity index (χ0n) is 12.1. The van der Waals surface area contributed by atoms with Gasteiger partial charge in [0.05, 0.1) is 16.9 Å². The summed E-state index contributed by atoms with van der Waals surface area (Å²) in [4.78, 5) is 16.3. The molecule has 1 aromatic heterocycles. The third-order valence-corrected chi connectivity index (χ3v) is 3.79. The number of anilines is 1. The number of nitrogens with one attached hydrogen (secondary N) is 1. The Hall–Kier alpha value is -2.01. The summed E-state index contributed by atoms with van der Waals surface area (Å²) in [6, 6.07) is 13.0. The number of amides is 1. The molecule has 1 N–H and O–H groups in total. The molecule has 0 saturated heterocycles. The highest BCUT2D eigenvalue weighted by Gasteiger charge is 2.15. The van der Waals surface area contributed by atoms with Gasteiger partial charge in [0.1, 0.15) is 5.75 Å². The molecule has 0 bridgehead atoms. The van der Waals surface area contributed by atoms with Crippen molar-refractivity contribution in [2.24, 2.45) is 0 Å². The number of pyridine rings is 1. The Balaban J connectivity index is 1.91. The fourth-order valence-electron chi connectivity index (χ4n) is 1.70. The number of thioether (sulfide) groups is 1. The van der Waals surface area contributed by atoms with Gasteiger partial charge >= 0.3 is 0 Å². The van der Waals surface area contributed by atoms with E-state index >= 15 is 0 Å². The third kappa shape index (κ3) is 4.79. The topological polar surface area (TPSA) is 51.2 Å². The van der Waals surface area contributed by atoms with E-state index in [-0.39, 0.29) is 11.2 Å². The Morgan fingerprint density at radius 3 is 2.67 bits per heavy atom. The van der Waals surface area contributed by atoms with Crippen molar-refractivity contribution >= 4 is 23.4 Å². The number of nitrogens with zero attached hydrogens (tertiary/aromatic N) is 1. The van der Waals surface area contributed by atoms with E-state index in [1.807, 2.05) is 56.3 Å². The quantitative estimate of drug-likeness (QED) is 0.828. The van der Waals surface area contributed by atoms with E-state index in [9.17, 15) is 4.79 Å². The van der Waals surface area contributed by atoms with Crippen molar-refractivity contribution in [1.82, 2.24) is 4.98 Å². The Morgan fingerprint density at radius 2 is 2.05 bits per heavy atom. The van der Waals surface area contributed by atoms with E-state index in [2.05, 4.69) is 10.3 Å². The monoisotopic (exact) mass is 302 g/mol. The normalized spacial score (nSPS) is 11.7. The average Bonchev–Trinajstić information content (AvgIpc) is 2.50. The van der Waals surface area contributed by atoms with Crippen molar-refractivity contribution in [3.63, 3.8) is 0 Å². The highest BCUT2D eigenvalue weighted by atomic mass is 32.2. The summed E-state index contributed by atoms with van der Waals surface area (Å²) in [5, 5.41) is 3.51. The smallest absolute Gasteiger partial charge is 0.237 e. The maximum Gasteiger partial charge on any atom is 0.237 e. The van der Waals surface area contributed by atoms with Crippen molar-refractivity contribution in [2.75, 3.05) is 11.9 Å². The zero-order chi connectivity index (χ0) is 15.1. The summed E-state index contributed by atoms with van der Waals surface area (Å²) in [7, 11) is 0. The standard InChI is InChI=1S/C16H18N2O2S/c1-3-20-14-9-7-13(8-10-14)18-16(19)12(2)21-15-6-4-5-11-17-15/h4-12H,3H2,1-2H3,(H,18,19)/t12-/m0/s1. The Morgan fingerprint density at radius 1 is 1.29 bits per heavy atom. The molecule has 0 aliphatic carbocycles. The van der Waals surface area contributed by atoms with Gasteiger partial charge in [-0.3, -0.25) is 4.79 Å². The SMILES string of the molecule is CCOc1ccc(NC(=O)[C@H](C)Sc2ccccn2)cc1. The van der Waals surface area contributed by atoms with Gasteiger partial charge in [-0.25, -0.2) is 4.98 Å². The van der Waals surface area contributed by atoms with Crippen LogP contribution >= 0.6 is 11.8 Å². The summed E-state index contributed by atoms with van der Waals surface area (Å²) < 4.78 is 5.37. The molecule has 0 fully saturated rings. The van der Waals surface area contributed by atoms with Crippen LogP contribution in [-0.2, 0) is 4.79 Å².